The predicted octanol–water partition coefficient (Wildman–Crippen LogP) is -0.133. The van der Waals surface area contributed by atoms with E-state index in [1.54, 1.807) is 0 Å². The number of rotatable bonds is 2. The quantitative estimate of drug-likeness (QED) is 0.745. The molecule has 0 unspecified atom stereocenters. The van der Waals surface area contributed by atoms with Gasteiger partial charge in [0.2, 0.25) is 0 Å². The number of aromatic carboxylic acids is 1. The Labute approximate surface area is 93.8 Å². The number of nitrogens with zero attached hydrogens (tertiary/aromatic N) is 1. The molecule has 1 aromatic heterocycles. The van der Waals surface area contributed by atoms with E-state index >= 15 is 0 Å². The van der Waals surface area contributed by atoms with Crippen molar-refractivity contribution in [1.29, 1.82) is 0 Å². The number of carbonyl (C=O) groups excluding carboxylic acids is 1. The molecule has 5 nitrogen and oxygen atoms in total. The molecule has 1 heterocycles. The number of carboxylic acid groups (broad SMARTS) is 1. The van der Waals surface area contributed by atoms with Crippen LogP contribution >= 0.6 is 0 Å². The molecule has 1 aromatic rings. The fourth-order valence-electron chi connectivity index (χ4n) is 1.03. The lowest BCUT2D eigenvalue weighted by molar-refractivity contribution is -0.256. The molecule has 0 aliphatic heterocycles. The van der Waals surface area contributed by atoms with E-state index in [1.807, 2.05) is 0 Å². The van der Waals surface area contributed by atoms with Gasteiger partial charge in [-0.1, -0.05) is 0 Å². The van der Waals surface area contributed by atoms with Gasteiger partial charge in [-0.15, -0.1) is 0 Å². The molecule has 0 bridgehead atoms. The van der Waals surface area contributed by atoms with Crippen LogP contribution in [0, 0.1) is 0 Å². The van der Waals surface area contributed by atoms with Crippen LogP contribution in [0.15, 0.2) is 17.2 Å². The summed E-state index contributed by atoms with van der Waals surface area (Å²) in [5.41, 5.74) is -3.00. The number of carbonyl (C=O) groups is 1. The highest BCUT2D eigenvalue weighted by Crippen LogP contribution is 2.30. The van der Waals surface area contributed by atoms with Gasteiger partial charge < -0.3 is 9.90 Å². The minimum Gasteiger partial charge on any atom is -0.545 e. The topological polar surface area (TPSA) is 87.2 Å². The van der Waals surface area contributed by atoms with Gasteiger partial charge in [-0.3, -0.25) is 0 Å². The summed E-state index contributed by atoms with van der Waals surface area (Å²) in [5.74, 6) is -2.08. The molecule has 0 saturated heterocycles. The molecule has 0 aliphatic carbocycles. The first kappa shape index (κ1) is 13.4. The minimum absolute atomic E-state index is 0.502. The van der Waals surface area contributed by atoms with E-state index in [4.69, 9.17) is 0 Å². The van der Waals surface area contributed by atoms with Crippen LogP contribution in [0.5, 0.6) is 0 Å². The molecule has 0 N–H and O–H groups in total. The van der Waals surface area contributed by atoms with Crippen molar-refractivity contribution in [2.24, 2.45) is 0 Å². The van der Waals surface area contributed by atoms with Crippen LogP contribution < -0.4 is 5.11 Å². The third-order valence-corrected chi connectivity index (χ3v) is 2.73. The normalized spacial score (nSPS) is 12.5. The number of sulfone groups is 1. The summed E-state index contributed by atoms with van der Waals surface area (Å²) in [4.78, 5) is 13.2. The molecule has 17 heavy (non-hydrogen) atoms. The second-order valence-corrected chi connectivity index (χ2v) is 5.07. The maximum atomic E-state index is 12.4. The van der Waals surface area contributed by atoms with Crippen molar-refractivity contribution < 1.29 is 31.5 Å². The Morgan fingerprint density at radius 2 is 1.88 bits per heavy atom. The maximum Gasteiger partial charge on any atom is 0.434 e. The number of aromatic nitrogens is 1. The lowest BCUT2D eigenvalue weighted by Crippen LogP contribution is -2.27. The van der Waals surface area contributed by atoms with E-state index in [2.05, 4.69) is 4.98 Å². The maximum absolute atomic E-state index is 12.4. The van der Waals surface area contributed by atoms with Crippen LogP contribution in [0.3, 0.4) is 0 Å². The van der Waals surface area contributed by atoms with Crippen LogP contribution in [0.2, 0.25) is 0 Å². The average molecular weight is 268 g/mol. The van der Waals surface area contributed by atoms with Gasteiger partial charge in [0.15, 0.2) is 20.6 Å². The van der Waals surface area contributed by atoms with Gasteiger partial charge in [0.25, 0.3) is 0 Å². The van der Waals surface area contributed by atoms with Crippen molar-refractivity contribution in [3.8, 4) is 0 Å². The van der Waals surface area contributed by atoms with Crippen LogP contribution in [-0.2, 0) is 16.0 Å². The van der Waals surface area contributed by atoms with Crippen LogP contribution in [0.25, 0.3) is 0 Å². The highest BCUT2D eigenvalue weighted by molar-refractivity contribution is 7.90. The fraction of sp³-hybridized carbons (Fsp3) is 0.250. The van der Waals surface area contributed by atoms with Gasteiger partial charge in [0.05, 0.1) is 5.97 Å². The molecular weight excluding hydrogens is 263 g/mol. The number of alkyl halides is 3. The summed E-state index contributed by atoms with van der Waals surface area (Å²) >= 11 is 0. The lowest BCUT2D eigenvalue weighted by Gasteiger charge is -2.13. The monoisotopic (exact) mass is 268 g/mol. The van der Waals surface area contributed by atoms with Gasteiger partial charge >= 0.3 is 6.18 Å². The first-order valence-electron chi connectivity index (χ1n) is 4.03. The number of hydrogen-bond acceptors (Lipinski definition) is 5. The van der Waals surface area contributed by atoms with Crippen molar-refractivity contribution >= 4 is 15.8 Å². The highest BCUT2D eigenvalue weighted by Gasteiger charge is 2.36. The molecule has 0 fully saturated rings. The van der Waals surface area contributed by atoms with Crippen molar-refractivity contribution in [3.63, 3.8) is 0 Å². The highest BCUT2D eigenvalue weighted by atomic mass is 32.2. The molecule has 0 atom stereocenters. The number of carboxylic acids is 1. The van der Waals surface area contributed by atoms with Gasteiger partial charge in [0.1, 0.15) is 0 Å². The summed E-state index contributed by atoms with van der Waals surface area (Å²) in [7, 11) is -3.95. The van der Waals surface area contributed by atoms with Gasteiger partial charge in [-0.2, -0.15) is 13.2 Å². The van der Waals surface area contributed by atoms with E-state index in [0.29, 0.717) is 18.4 Å². The van der Waals surface area contributed by atoms with Crippen LogP contribution in [0.1, 0.15) is 16.1 Å². The first-order valence-corrected chi connectivity index (χ1v) is 5.92. The average Bonchev–Trinajstić information content (AvgIpc) is 2.14. The molecule has 1 rings (SSSR count). The van der Waals surface area contributed by atoms with Crippen LogP contribution in [-0.4, -0.2) is 25.6 Å². The smallest absolute Gasteiger partial charge is 0.434 e. The second kappa shape index (κ2) is 3.99. The second-order valence-electron chi connectivity index (χ2n) is 3.10. The third-order valence-electron chi connectivity index (χ3n) is 1.74. The molecule has 0 aromatic carbocycles. The Kier molecular flexibility index (Phi) is 3.15. The van der Waals surface area contributed by atoms with E-state index in [9.17, 15) is 31.5 Å². The molecule has 0 aliphatic rings. The van der Waals surface area contributed by atoms with Gasteiger partial charge in [-0.25, -0.2) is 13.4 Å². The summed E-state index contributed by atoms with van der Waals surface area (Å²) < 4.78 is 59.3. The Morgan fingerprint density at radius 3 is 2.24 bits per heavy atom. The van der Waals surface area contributed by atoms with E-state index in [1.165, 1.54) is 0 Å². The molecular formula is C8H5F3NO4S-. The molecule has 0 amide bonds. The third kappa shape index (κ3) is 2.93. The number of halogens is 3. The zero-order valence-corrected chi connectivity index (χ0v) is 9.09. The zero-order valence-electron chi connectivity index (χ0n) is 8.28. The van der Waals surface area contributed by atoms with E-state index in [0.717, 1.165) is 0 Å². The van der Waals surface area contributed by atoms with Gasteiger partial charge in [-0.05, 0) is 12.1 Å². The SMILES string of the molecule is CS(=O)(=O)c1ccc(C(=O)[O-])c(C(F)(F)F)n1. The largest absolute Gasteiger partial charge is 0.545 e. The zero-order chi connectivity index (χ0) is 13.4. The summed E-state index contributed by atoms with van der Waals surface area (Å²) in [6.07, 6.45) is -4.41. The predicted molar refractivity (Wildman–Crippen MR) is 46.7 cm³/mol. The molecule has 9 heteroatoms. The fourth-order valence-corrected chi connectivity index (χ4v) is 1.60. The minimum atomic E-state index is -5.07. The Balaban J connectivity index is 3.57. The number of pyridine rings is 1. The Bertz CT molecular complexity index is 565. The Morgan fingerprint density at radius 1 is 1.35 bits per heavy atom. The first-order chi connectivity index (χ1) is 7.53. The van der Waals surface area contributed by atoms with Crippen molar-refractivity contribution in [1.82, 2.24) is 4.98 Å². The summed E-state index contributed by atoms with van der Waals surface area (Å²) in [6.45, 7) is 0. The molecule has 0 spiro atoms. The molecule has 0 saturated carbocycles. The molecule has 94 valence electrons. The van der Waals surface area contributed by atoms with Crippen LogP contribution in [0.4, 0.5) is 13.2 Å². The van der Waals surface area contributed by atoms with Gasteiger partial charge in [0, 0.05) is 11.8 Å². The molecule has 0 radical (unpaired) electrons. The Hall–Kier alpha value is -1.64. The summed E-state index contributed by atoms with van der Waals surface area (Å²) in [6, 6.07) is 1.18. The van der Waals surface area contributed by atoms with Crippen molar-refractivity contribution in [3.05, 3.63) is 23.4 Å². The van der Waals surface area contributed by atoms with Crippen molar-refractivity contribution in [2.45, 2.75) is 11.2 Å². The van der Waals surface area contributed by atoms with Crippen molar-refractivity contribution in [2.75, 3.05) is 6.26 Å². The standard InChI is InChI=1S/C8H6F3NO4S/c1-17(15,16)5-3-2-4(7(13)14)6(12-5)8(9,10)11/h2-3H,1H3,(H,13,14)/p-1. The lowest BCUT2D eigenvalue weighted by atomic mass is 10.2. The van der Waals surface area contributed by atoms with E-state index < -0.39 is 38.3 Å². The van der Waals surface area contributed by atoms with E-state index in [-0.39, 0.29) is 0 Å². The summed E-state index contributed by atoms with van der Waals surface area (Å²) in [5, 5.41) is 9.58. The number of hydrogen-bond donors (Lipinski definition) is 0.